The molecule has 0 amide bonds. The van der Waals surface area contributed by atoms with E-state index in [0.29, 0.717) is 18.2 Å². The molecule has 4 aromatic rings. The monoisotopic (exact) mass is 362 g/mol. The van der Waals surface area contributed by atoms with Crippen molar-refractivity contribution in [2.75, 3.05) is 6.61 Å². The van der Waals surface area contributed by atoms with Gasteiger partial charge in [-0.2, -0.15) is 0 Å². The molecule has 0 aliphatic rings. The zero-order valence-electron chi connectivity index (χ0n) is 14.5. The Labute approximate surface area is 157 Å². The summed E-state index contributed by atoms with van der Waals surface area (Å²) in [6.07, 6.45) is 0. The first-order valence-electron chi connectivity index (χ1n) is 8.62. The van der Waals surface area contributed by atoms with Crippen molar-refractivity contribution >= 4 is 22.6 Å². The predicted molar refractivity (Wildman–Crippen MR) is 107 cm³/mol. The molecule has 0 aliphatic carbocycles. The van der Waals surface area contributed by atoms with Crippen LogP contribution in [0.5, 0.6) is 5.75 Å². The average Bonchev–Trinajstić information content (AvgIpc) is 3.01. The third-order valence-corrected chi connectivity index (χ3v) is 4.67. The molecule has 1 aromatic heterocycles. The zero-order valence-corrected chi connectivity index (χ0v) is 15.3. The van der Waals surface area contributed by atoms with Gasteiger partial charge in [0.05, 0.1) is 22.6 Å². The van der Waals surface area contributed by atoms with E-state index >= 15 is 0 Å². The third-order valence-electron chi connectivity index (χ3n) is 4.34. The van der Waals surface area contributed by atoms with E-state index in [1.165, 1.54) is 5.56 Å². The number of ether oxygens (including phenoxy) is 1. The third kappa shape index (κ3) is 3.31. The smallest absolute Gasteiger partial charge is 0.142 e. The van der Waals surface area contributed by atoms with Crippen molar-refractivity contribution in [1.82, 2.24) is 9.55 Å². The fourth-order valence-corrected chi connectivity index (χ4v) is 3.33. The molecule has 130 valence electrons. The van der Waals surface area contributed by atoms with E-state index in [1.54, 1.807) is 0 Å². The van der Waals surface area contributed by atoms with Crippen molar-refractivity contribution in [3.63, 3.8) is 0 Å². The summed E-state index contributed by atoms with van der Waals surface area (Å²) >= 11 is 6.42. The number of imidazole rings is 1. The summed E-state index contributed by atoms with van der Waals surface area (Å²) in [5, 5.41) is 0.698. The second-order valence-electron chi connectivity index (χ2n) is 6.22. The maximum Gasteiger partial charge on any atom is 0.142 e. The molecular formula is C22H19ClN2O. The molecule has 0 radical (unpaired) electrons. The van der Waals surface area contributed by atoms with Gasteiger partial charge in [0.2, 0.25) is 0 Å². The lowest BCUT2D eigenvalue weighted by Gasteiger charge is -2.12. The Morgan fingerprint density at radius 2 is 1.77 bits per heavy atom. The van der Waals surface area contributed by atoms with Crippen molar-refractivity contribution in [3.05, 3.63) is 83.4 Å². The van der Waals surface area contributed by atoms with Crippen molar-refractivity contribution < 1.29 is 4.74 Å². The highest BCUT2D eigenvalue weighted by atomic mass is 35.5. The van der Waals surface area contributed by atoms with Crippen LogP contribution in [0.2, 0.25) is 5.02 Å². The number of benzene rings is 3. The Hall–Kier alpha value is -2.78. The van der Waals surface area contributed by atoms with Gasteiger partial charge >= 0.3 is 0 Å². The van der Waals surface area contributed by atoms with Crippen LogP contribution in [-0.4, -0.2) is 16.2 Å². The predicted octanol–water partition coefficient (Wildman–Crippen LogP) is 5.74. The number of aromatic nitrogens is 2. The fourth-order valence-electron chi connectivity index (χ4n) is 3.11. The van der Waals surface area contributed by atoms with Gasteiger partial charge in [-0.3, -0.25) is 0 Å². The highest BCUT2D eigenvalue weighted by Gasteiger charge is 2.14. The van der Waals surface area contributed by atoms with Gasteiger partial charge in [0.25, 0.3) is 0 Å². The fraction of sp³-hybridized carbons (Fsp3) is 0.136. The van der Waals surface area contributed by atoms with Gasteiger partial charge in [-0.1, -0.05) is 48.0 Å². The van der Waals surface area contributed by atoms with Crippen LogP contribution in [-0.2, 0) is 6.54 Å². The number of fused-ring (bicyclic) bond motifs is 1. The van der Waals surface area contributed by atoms with Crippen LogP contribution in [0.3, 0.4) is 0 Å². The van der Waals surface area contributed by atoms with Crippen LogP contribution in [0.1, 0.15) is 5.56 Å². The maximum absolute atomic E-state index is 6.42. The lowest BCUT2D eigenvalue weighted by atomic mass is 10.2. The Morgan fingerprint density at radius 3 is 2.62 bits per heavy atom. The van der Waals surface area contributed by atoms with Gasteiger partial charge in [-0.25, -0.2) is 4.98 Å². The molecule has 0 aliphatic heterocycles. The first kappa shape index (κ1) is 16.7. The number of nitrogens with zero attached hydrogens (tertiary/aromatic N) is 2. The molecule has 0 saturated carbocycles. The maximum atomic E-state index is 6.42. The Morgan fingerprint density at radius 1 is 0.962 bits per heavy atom. The van der Waals surface area contributed by atoms with Gasteiger partial charge in [0.15, 0.2) is 0 Å². The summed E-state index contributed by atoms with van der Waals surface area (Å²) in [5.74, 6) is 1.75. The molecule has 0 saturated heterocycles. The van der Waals surface area contributed by atoms with E-state index in [1.807, 2.05) is 60.7 Å². The largest absolute Gasteiger partial charge is 0.492 e. The minimum absolute atomic E-state index is 0.557. The van der Waals surface area contributed by atoms with E-state index < -0.39 is 0 Å². The van der Waals surface area contributed by atoms with Crippen LogP contribution in [0.25, 0.3) is 22.4 Å². The van der Waals surface area contributed by atoms with Gasteiger partial charge in [0.1, 0.15) is 18.2 Å². The molecule has 0 unspecified atom stereocenters. The van der Waals surface area contributed by atoms with E-state index in [4.69, 9.17) is 21.3 Å². The minimum Gasteiger partial charge on any atom is -0.492 e. The molecule has 0 fully saturated rings. The van der Waals surface area contributed by atoms with Crippen LogP contribution in [0, 0.1) is 6.92 Å². The summed E-state index contributed by atoms with van der Waals surface area (Å²) in [6, 6.07) is 24.0. The van der Waals surface area contributed by atoms with Crippen LogP contribution in [0.15, 0.2) is 72.8 Å². The molecule has 4 rings (SSSR count). The summed E-state index contributed by atoms with van der Waals surface area (Å²) in [7, 11) is 0. The number of hydrogen-bond donors (Lipinski definition) is 0. The highest BCUT2D eigenvalue weighted by molar-refractivity contribution is 6.33. The number of aryl methyl sites for hydroxylation is 1. The topological polar surface area (TPSA) is 27.1 Å². The lowest BCUT2D eigenvalue weighted by Crippen LogP contribution is -2.09. The Balaban J connectivity index is 1.67. The standard InChI is InChI=1S/C22H19ClN2O/c1-16-7-6-8-17(15-16)26-14-13-25-21-12-5-4-11-20(21)24-22(25)18-9-2-3-10-19(18)23/h2-12,15H,13-14H2,1H3. The minimum atomic E-state index is 0.557. The molecule has 4 heteroatoms. The summed E-state index contributed by atoms with van der Waals surface area (Å²) in [5.41, 5.74) is 4.15. The van der Waals surface area contributed by atoms with Gasteiger partial charge in [-0.05, 0) is 48.9 Å². The van der Waals surface area contributed by atoms with Crippen molar-refractivity contribution in [2.24, 2.45) is 0 Å². The van der Waals surface area contributed by atoms with Crippen LogP contribution in [0.4, 0.5) is 0 Å². The van der Waals surface area contributed by atoms with Crippen LogP contribution < -0.4 is 4.74 Å². The van der Waals surface area contributed by atoms with Crippen molar-refractivity contribution in [1.29, 1.82) is 0 Å². The second kappa shape index (κ2) is 7.22. The van der Waals surface area contributed by atoms with E-state index in [0.717, 1.165) is 28.2 Å². The summed E-state index contributed by atoms with van der Waals surface area (Å²) in [4.78, 5) is 4.81. The molecule has 1 heterocycles. The quantitative estimate of drug-likeness (QED) is 0.452. The normalized spacial score (nSPS) is 11.0. The molecular weight excluding hydrogens is 344 g/mol. The Kier molecular flexibility index (Phi) is 4.63. The molecule has 0 atom stereocenters. The molecule has 0 spiro atoms. The summed E-state index contributed by atoms with van der Waals surface area (Å²) in [6.45, 7) is 3.31. The van der Waals surface area contributed by atoms with E-state index in [9.17, 15) is 0 Å². The second-order valence-corrected chi connectivity index (χ2v) is 6.63. The molecule has 3 nitrogen and oxygen atoms in total. The SMILES string of the molecule is Cc1cccc(OCCn2c(-c3ccccc3Cl)nc3ccccc32)c1. The molecule has 26 heavy (non-hydrogen) atoms. The molecule has 0 N–H and O–H groups in total. The van der Waals surface area contributed by atoms with Crippen LogP contribution >= 0.6 is 11.6 Å². The zero-order chi connectivity index (χ0) is 17.9. The van der Waals surface area contributed by atoms with Crippen molar-refractivity contribution in [3.8, 4) is 17.1 Å². The van der Waals surface area contributed by atoms with Gasteiger partial charge in [-0.15, -0.1) is 0 Å². The average molecular weight is 363 g/mol. The number of rotatable bonds is 5. The lowest BCUT2D eigenvalue weighted by molar-refractivity contribution is 0.300. The number of hydrogen-bond acceptors (Lipinski definition) is 2. The highest BCUT2D eigenvalue weighted by Crippen LogP contribution is 2.30. The first-order valence-corrected chi connectivity index (χ1v) is 9.00. The summed E-state index contributed by atoms with van der Waals surface area (Å²) < 4.78 is 8.12. The van der Waals surface area contributed by atoms with Crippen molar-refractivity contribution in [2.45, 2.75) is 13.5 Å². The number of halogens is 1. The van der Waals surface area contributed by atoms with E-state index in [-0.39, 0.29) is 0 Å². The number of para-hydroxylation sites is 2. The van der Waals surface area contributed by atoms with E-state index in [2.05, 4.69) is 23.6 Å². The van der Waals surface area contributed by atoms with Gasteiger partial charge in [0, 0.05) is 5.56 Å². The molecule has 0 bridgehead atoms. The molecule has 3 aromatic carbocycles. The van der Waals surface area contributed by atoms with Gasteiger partial charge < -0.3 is 9.30 Å². The first-order chi connectivity index (χ1) is 12.7. The Bertz CT molecular complexity index is 1050.